The molecule has 0 saturated heterocycles. The largest absolute Gasteiger partial charge is 0.455 e. The highest BCUT2D eigenvalue weighted by Gasteiger charge is 2.15. The summed E-state index contributed by atoms with van der Waals surface area (Å²) in [5.74, 6) is 1.04. The number of rotatable bonds is 6. The minimum atomic E-state index is -0.523. The maximum absolute atomic E-state index is 11.0. The number of nitro benzene ring substituents is 1. The van der Waals surface area contributed by atoms with Gasteiger partial charge in [-0.25, -0.2) is 0 Å². The number of nitrogens with one attached hydrogen (secondary N) is 1. The van der Waals surface area contributed by atoms with Crippen LogP contribution >= 0.6 is 11.6 Å². The van der Waals surface area contributed by atoms with Gasteiger partial charge in [0.25, 0.3) is 5.69 Å². The van der Waals surface area contributed by atoms with E-state index in [2.05, 4.69) is 10.5 Å². The summed E-state index contributed by atoms with van der Waals surface area (Å²) >= 11 is 5.82. The number of benzene rings is 2. The molecule has 0 saturated carbocycles. The first-order valence-electron chi connectivity index (χ1n) is 7.47. The van der Waals surface area contributed by atoms with E-state index < -0.39 is 4.92 Å². The second-order valence-corrected chi connectivity index (χ2v) is 5.61. The Balaban J connectivity index is 1.67. The van der Waals surface area contributed by atoms with Gasteiger partial charge in [0.2, 0.25) is 0 Å². The van der Waals surface area contributed by atoms with Crippen molar-refractivity contribution < 1.29 is 9.34 Å². The molecular weight excluding hydrogens is 342 g/mol. The summed E-state index contributed by atoms with van der Waals surface area (Å²) in [5, 5.41) is 15.2. The van der Waals surface area contributed by atoms with Crippen LogP contribution in [0.4, 0.5) is 5.69 Å². The van der Waals surface area contributed by atoms with E-state index in [0.717, 1.165) is 5.56 Å². The molecule has 0 unspecified atom stereocenters. The SMILES string of the molecule is O=[N+]([O-])c1cc(-c2ccc(C=NNCc3ccccc3)o2)ccc1Cl. The molecule has 2 aromatic carbocycles. The highest BCUT2D eigenvalue weighted by molar-refractivity contribution is 6.32. The van der Waals surface area contributed by atoms with Crippen molar-refractivity contribution in [1.82, 2.24) is 5.43 Å². The first kappa shape index (κ1) is 16.7. The molecule has 0 aliphatic rings. The van der Waals surface area contributed by atoms with E-state index in [1.54, 1.807) is 24.4 Å². The molecule has 1 N–H and O–H groups in total. The van der Waals surface area contributed by atoms with Crippen LogP contribution < -0.4 is 5.43 Å². The molecule has 126 valence electrons. The van der Waals surface area contributed by atoms with E-state index in [9.17, 15) is 10.1 Å². The molecule has 0 atom stereocenters. The normalized spacial score (nSPS) is 10.9. The molecule has 1 heterocycles. The fourth-order valence-corrected chi connectivity index (χ4v) is 2.41. The smallest absolute Gasteiger partial charge is 0.288 e. The molecular formula is C18H14ClN3O3. The Kier molecular flexibility index (Phi) is 5.11. The van der Waals surface area contributed by atoms with Crippen molar-refractivity contribution in [3.05, 3.63) is 87.1 Å². The van der Waals surface area contributed by atoms with Crippen LogP contribution in [0.25, 0.3) is 11.3 Å². The van der Waals surface area contributed by atoms with Gasteiger partial charge in [-0.05, 0) is 29.8 Å². The predicted molar refractivity (Wildman–Crippen MR) is 96.7 cm³/mol. The van der Waals surface area contributed by atoms with Crippen molar-refractivity contribution >= 4 is 23.5 Å². The fourth-order valence-electron chi connectivity index (χ4n) is 2.23. The topological polar surface area (TPSA) is 80.7 Å². The maximum Gasteiger partial charge on any atom is 0.288 e. The molecule has 0 radical (unpaired) electrons. The molecule has 0 amide bonds. The van der Waals surface area contributed by atoms with E-state index in [0.29, 0.717) is 23.6 Å². The number of hydrogen-bond acceptors (Lipinski definition) is 5. The Bertz CT molecular complexity index is 907. The van der Waals surface area contributed by atoms with Gasteiger partial charge in [-0.3, -0.25) is 10.1 Å². The highest BCUT2D eigenvalue weighted by atomic mass is 35.5. The number of halogens is 1. The summed E-state index contributed by atoms with van der Waals surface area (Å²) < 4.78 is 5.64. The zero-order chi connectivity index (χ0) is 17.6. The van der Waals surface area contributed by atoms with E-state index in [1.165, 1.54) is 12.1 Å². The van der Waals surface area contributed by atoms with Crippen molar-refractivity contribution in [1.29, 1.82) is 0 Å². The Morgan fingerprint density at radius 2 is 1.96 bits per heavy atom. The molecule has 7 heteroatoms. The lowest BCUT2D eigenvalue weighted by Gasteiger charge is -2.00. The second-order valence-electron chi connectivity index (χ2n) is 5.20. The summed E-state index contributed by atoms with van der Waals surface area (Å²) in [5.41, 5.74) is 4.47. The van der Waals surface area contributed by atoms with Crippen molar-refractivity contribution in [2.24, 2.45) is 5.10 Å². The molecule has 0 spiro atoms. The van der Waals surface area contributed by atoms with Crippen LogP contribution in [0, 0.1) is 10.1 Å². The summed E-state index contributed by atoms with van der Waals surface area (Å²) in [6.45, 7) is 0.605. The Morgan fingerprint density at radius 3 is 2.72 bits per heavy atom. The Labute approximate surface area is 148 Å². The van der Waals surface area contributed by atoms with Crippen LogP contribution in [-0.2, 0) is 6.54 Å². The third-order valence-electron chi connectivity index (χ3n) is 3.46. The van der Waals surface area contributed by atoms with Crippen molar-refractivity contribution in [2.75, 3.05) is 0 Å². The number of furan rings is 1. The first-order valence-corrected chi connectivity index (χ1v) is 7.85. The van der Waals surface area contributed by atoms with E-state index in [-0.39, 0.29) is 10.7 Å². The zero-order valence-electron chi connectivity index (χ0n) is 13.1. The lowest BCUT2D eigenvalue weighted by atomic mass is 10.1. The number of hydrogen-bond donors (Lipinski definition) is 1. The summed E-state index contributed by atoms with van der Waals surface area (Å²) in [6, 6.07) is 17.9. The maximum atomic E-state index is 11.0. The van der Waals surface area contributed by atoms with Crippen LogP contribution in [0.5, 0.6) is 0 Å². The van der Waals surface area contributed by atoms with E-state index in [1.807, 2.05) is 30.3 Å². The van der Waals surface area contributed by atoms with Gasteiger partial charge in [0.05, 0.1) is 17.7 Å². The second kappa shape index (κ2) is 7.63. The third kappa shape index (κ3) is 4.24. The Morgan fingerprint density at radius 1 is 1.16 bits per heavy atom. The minimum absolute atomic E-state index is 0.0900. The molecule has 0 fully saturated rings. The van der Waals surface area contributed by atoms with Crippen molar-refractivity contribution in [3.63, 3.8) is 0 Å². The molecule has 0 bridgehead atoms. The van der Waals surface area contributed by atoms with Crippen LogP contribution in [0.1, 0.15) is 11.3 Å². The van der Waals surface area contributed by atoms with Crippen LogP contribution in [0.15, 0.2) is 70.2 Å². The van der Waals surface area contributed by atoms with Gasteiger partial charge < -0.3 is 9.84 Å². The van der Waals surface area contributed by atoms with Crippen LogP contribution in [0.3, 0.4) is 0 Å². The molecule has 1 aromatic heterocycles. The van der Waals surface area contributed by atoms with Gasteiger partial charge in [-0.1, -0.05) is 41.9 Å². The minimum Gasteiger partial charge on any atom is -0.455 e. The van der Waals surface area contributed by atoms with Crippen molar-refractivity contribution in [3.8, 4) is 11.3 Å². The monoisotopic (exact) mass is 355 g/mol. The molecule has 0 aliphatic heterocycles. The van der Waals surface area contributed by atoms with E-state index in [4.69, 9.17) is 16.0 Å². The van der Waals surface area contributed by atoms with Gasteiger partial charge in [0.1, 0.15) is 16.5 Å². The molecule has 6 nitrogen and oxygen atoms in total. The summed E-state index contributed by atoms with van der Waals surface area (Å²) in [4.78, 5) is 10.4. The van der Waals surface area contributed by atoms with Crippen LogP contribution in [0.2, 0.25) is 5.02 Å². The highest BCUT2D eigenvalue weighted by Crippen LogP contribution is 2.30. The molecule has 3 aromatic rings. The average Bonchev–Trinajstić information content (AvgIpc) is 3.09. The van der Waals surface area contributed by atoms with Gasteiger partial charge in [-0.15, -0.1) is 0 Å². The molecule has 25 heavy (non-hydrogen) atoms. The van der Waals surface area contributed by atoms with Crippen molar-refractivity contribution in [2.45, 2.75) is 6.54 Å². The Hall–Kier alpha value is -3.12. The lowest BCUT2D eigenvalue weighted by Crippen LogP contribution is -2.04. The van der Waals surface area contributed by atoms with Gasteiger partial charge in [0.15, 0.2) is 0 Å². The number of nitro groups is 1. The molecule has 3 rings (SSSR count). The molecule has 0 aliphatic carbocycles. The van der Waals surface area contributed by atoms with Gasteiger partial charge in [-0.2, -0.15) is 5.10 Å². The lowest BCUT2D eigenvalue weighted by molar-refractivity contribution is -0.384. The average molecular weight is 356 g/mol. The van der Waals surface area contributed by atoms with Gasteiger partial charge >= 0.3 is 0 Å². The quantitative estimate of drug-likeness (QED) is 0.397. The number of hydrazone groups is 1. The first-order chi connectivity index (χ1) is 12.1. The fraction of sp³-hybridized carbons (Fsp3) is 0.0556. The third-order valence-corrected chi connectivity index (χ3v) is 3.78. The van der Waals surface area contributed by atoms with E-state index >= 15 is 0 Å². The van der Waals surface area contributed by atoms with Gasteiger partial charge in [0, 0.05) is 11.6 Å². The predicted octanol–water partition coefficient (Wildman–Crippen LogP) is 4.63. The standard InChI is InChI=1S/C18H14ClN3O3/c19-16-8-6-14(10-17(16)22(23)24)18-9-7-15(25-18)12-21-20-11-13-4-2-1-3-5-13/h1-10,12,20H,11H2. The number of nitrogens with zero attached hydrogens (tertiary/aromatic N) is 2. The van der Waals surface area contributed by atoms with Crippen LogP contribution in [-0.4, -0.2) is 11.1 Å². The zero-order valence-corrected chi connectivity index (χ0v) is 13.8. The summed E-state index contributed by atoms with van der Waals surface area (Å²) in [7, 11) is 0. The summed E-state index contributed by atoms with van der Waals surface area (Å²) in [6.07, 6.45) is 1.55.